The molecule has 0 amide bonds. The Bertz CT molecular complexity index is 382. The number of rotatable bonds is 2. The molecular formula is C13H17F3N2. The summed E-state index contributed by atoms with van der Waals surface area (Å²) >= 11 is 0. The van der Waals surface area contributed by atoms with Crippen LogP contribution in [-0.4, -0.2) is 11.0 Å². The zero-order valence-corrected chi connectivity index (χ0v) is 10.1. The number of halogens is 3. The highest BCUT2D eigenvalue weighted by molar-refractivity contribution is 5.37. The molecule has 0 radical (unpaired) electrons. The van der Waals surface area contributed by atoms with Crippen molar-refractivity contribution in [2.45, 2.75) is 50.7 Å². The Balaban J connectivity index is 2.04. The van der Waals surface area contributed by atoms with Crippen LogP contribution in [0.3, 0.4) is 0 Å². The van der Waals surface area contributed by atoms with Gasteiger partial charge in [0.25, 0.3) is 0 Å². The van der Waals surface area contributed by atoms with E-state index in [4.69, 9.17) is 0 Å². The highest BCUT2D eigenvalue weighted by atomic mass is 19.4. The Morgan fingerprint density at radius 3 is 2.33 bits per heavy atom. The van der Waals surface area contributed by atoms with Gasteiger partial charge in [0.05, 0.1) is 0 Å². The van der Waals surface area contributed by atoms with Gasteiger partial charge in [0.2, 0.25) is 0 Å². The molecule has 1 N–H and O–H groups in total. The maximum atomic E-state index is 12.5. The average molecular weight is 258 g/mol. The Labute approximate surface area is 105 Å². The molecule has 5 heteroatoms. The maximum Gasteiger partial charge on any atom is 0.433 e. The van der Waals surface area contributed by atoms with Crippen molar-refractivity contribution < 1.29 is 13.2 Å². The number of alkyl halides is 3. The first-order valence-electron chi connectivity index (χ1n) is 6.36. The van der Waals surface area contributed by atoms with Gasteiger partial charge in [-0.1, -0.05) is 31.7 Å². The molecule has 0 spiro atoms. The molecule has 0 saturated heterocycles. The van der Waals surface area contributed by atoms with Crippen molar-refractivity contribution >= 4 is 5.82 Å². The lowest BCUT2D eigenvalue weighted by atomic mass is 10.1. The lowest BCUT2D eigenvalue weighted by Crippen LogP contribution is -2.20. The molecule has 1 aromatic heterocycles. The van der Waals surface area contributed by atoms with Crippen LogP contribution in [0.25, 0.3) is 0 Å². The van der Waals surface area contributed by atoms with Gasteiger partial charge in [-0.2, -0.15) is 13.2 Å². The lowest BCUT2D eigenvalue weighted by molar-refractivity contribution is -0.141. The van der Waals surface area contributed by atoms with Gasteiger partial charge in [0.1, 0.15) is 11.5 Å². The van der Waals surface area contributed by atoms with Crippen molar-refractivity contribution in [3.63, 3.8) is 0 Å². The summed E-state index contributed by atoms with van der Waals surface area (Å²) in [6.45, 7) is 0. The van der Waals surface area contributed by atoms with Gasteiger partial charge in [-0.05, 0) is 25.0 Å². The number of pyridine rings is 1. The largest absolute Gasteiger partial charge is 0.433 e. The highest BCUT2D eigenvalue weighted by Gasteiger charge is 2.32. The van der Waals surface area contributed by atoms with Crippen molar-refractivity contribution in [2.24, 2.45) is 0 Å². The summed E-state index contributed by atoms with van der Waals surface area (Å²) in [6.07, 6.45) is 2.35. The fraction of sp³-hybridized carbons (Fsp3) is 0.615. The zero-order valence-electron chi connectivity index (χ0n) is 10.1. The first kappa shape index (κ1) is 13.2. The van der Waals surface area contributed by atoms with E-state index in [0.717, 1.165) is 31.7 Å². The van der Waals surface area contributed by atoms with Gasteiger partial charge in [-0.15, -0.1) is 0 Å². The molecule has 1 aromatic rings. The smallest absolute Gasteiger partial charge is 0.367 e. The van der Waals surface area contributed by atoms with Crippen LogP contribution in [0.15, 0.2) is 18.2 Å². The van der Waals surface area contributed by atoms with Crippen LogP contribution in [0, 0.1) is 0 Å². The summed E-state index contributed by atoms with van der Waals surface area (Å²) in [5.41, 5.74) is -0.832. The number of anilines is 1. The monoisotopic (exact) mass is 258 g/mol. The molecule has 100 valence electrons. The van der Waals surface area contributed by atoms with E-state index in [1.165, 1.54) is 18.9 Å². The third-order valence-corrected chi connectivity index (χ3v) is 3.25. The molecule has 2 rings (SSSR count). The molecule has 1 fully saturated rings. The first-order valence-corrected chi connectivity index (χ1v) is 6.36. The molecule has 1 aliphatic rings. The summed E-state index contributed by atoms with van der Waals surface area (Å²) < 4.78 is 37.6. The van der Waals surface area contributed by atoms with E-state index in [9.17, 15) is 13.2 Å². The van der Waals surface area contributed by atoms with Crippen LogP contribution in [0.5, 0.6) is 0 Å². The van der Waals surface area contributed by atoms with Crippen LogP contribution < -0.4 is 5.32 Å². The molecule has 18 heavy (non-hydrogen) atoms. The lowest BCUT2D eigenvalue weighted by Gasteiger charge is -2.17. The minimum absolute atomic E-state index is 0.253. The highest BCUT2D eigenvalue weighted by Crippen LogP contribution is 2.28. The van der Waals surface area contributed by atoms with E-state index in [1.807, 2.05) is 0 Å². The molecule has 0 aliphatic heterocycles. The Morgan fingerprint density at radius 1 is 1.06 bits per heavy atom. The van der Waals surface area contributed by atoms with Crippen LogP contribution in [0.2, 0.25) is 0 Å². The summed E-state index contributed by atoms with van der Waals surface area (Å²) in [6, 6.07) is 4.25. The van der Waals surface area contributed by atoms with Crippen molar-refractivity contribution in [2.75, 3.05) is 5.32 Å². The van der Waals surface area contributed by atoms with Crippen molar-refractivity contribution in [1.82, 2.24) is 4.98 Å². The molecule has 1 saturated carbocycles. The molecule has 0 aromatic carbocycles. The maximum absolute atomic E-state index is 12.5. The van der Waals surface area contributed by atoms with Gasteiger partial charge in [0.15, 0.2) is 0 Å². The fourth-order valence-electron chi connectivity index (χ4n) is 2.31. The predicted molar refractivity (Wildman–Crippen MR) is 64.4 cm³/mol. The van der Waals surface area contributed by atoms with Gasteiger partial charge >= 0.3 is 6.18 Å². The molecular weight excluding hydrogens is 241 g/mol. The van der Waals surface area contributed by atoms with Crippen LogP contribution >= 0.6 is 0 Å². The topological polar surface area (TPSA) is 24.9 Å². The van der Waals surface area contributed by atoms with Gasteiger partial charge in [-0.25, -0.2) is 4.98 Å². The standard InChI is InChI=1S/C13H17F3N2/c14-13(15,16)11-8-5-9-12(18-11)17-10-6-3-1-2-4-7-10/h5,8-10H,1-4,6-7H2,(H,17,18). The minimum Gasteiger partial charge on any atom is -0.367 e. The van der Waals surface area contributed by atoms with Crippen molar-refractivity contribution in [1.29, 1.82) is 0 Å². The van der Waals surface area contributed by atoms with Crippen LogP contribution in [0.1, 0.15) is 44.2 Å². The summed E-state index contributed by atoms with van der Waals surface area (Å²) in [5.74, 6) is 0.330. The zero-order chi connectivity index (χ0) is 13.0. The molecule has 0 atom stereocenters. The normalized spacial score (nSPS) is 18.4. The van der Waals surface area contributed by atoms with Gasteiger partial charge in [0, 0.05) is 6.04 Å². The van der Waals surface area contributed by atoms with E-state index in [0.29, 0.717) is 5.82 Å². The van der Waals surface area contributed by atoms with E-state index in [1.54, 1.807) is 6.07 Å². The summed E-state index contributed by atoms with van der Waals surface area (Å²) in [7, 11) is 0. The first-order chi connectivity index (χ1) is 8.55. The van der Waals surface area contributed by atoms with Crippen LogP contribution in [-0.2, 0) is 6.18 Å². The van der Waals surface area contributed by atoms with Crippen molar-refractivity contribution in [3.8, 4) is 0 Å². The Hall–Kier alpha value is -1.26. The van der Waals surface area contributed by atoms with Crippen LogP contribution in [0.4, 0.5) is 19.0 Å². The van der Waals surface area contributed by atoms with E-state index < -0.39 is 11.9 Å². The third-order valence-electron chi connectivity index (χ3n) is 3.25. The number of nitrogens with zero attached hydrogens (tertiary/aromatic N) is 1. The summed E-state index contributed by atoms with van der Waals surface area (Å²) in [5, 5.41) is 3.12. The molecule has 2 nitrogen and oxygen atoms in total. The van der Waals surface area contributed by atoms with E-state index in [-0.39, 0.29) is 6.04 Å². The third kappa shape index (κ3) is 3.62. The van der Waals surface area contributed by atoms with E-state index in [2.05, 4.69) is 10.3 Å². The van der Waals surface area contributed by atoms with E-state index >= 15 is 0 Å². The molecule has 0 unspecified atom stereocenters. The predicted octanol–water partition coefficient (Wildman–Crippen LogP) is 4.24. The quantitative estimate of drug-likeness (QED) is 0.803. The molecule has 1 heterocycles. The second-order valence-electron chi connectivity index (χ2n) is 4.74. The molecule has 0 bridgehead atoms. The average Bonchev–Trinajstić information content (AvgIpc) is 2.57. The molecule has 1 aliphatic carbocycles. The number of nitrogens with one attached hydrogen (secondary N) is 1. The van der Waals surface area contributed by atoms with Crippen molar-refractivity contribution in [3.05, 3.63) is 23.9 Å². The van der Waals surface area contributed by atoms with Gasteiger partial charge in [-0.3, -0.25) is 0 Å². The number of aromatic nitrogens is 1. The number of hydrogen-bond donors (Lipinski definition) is 1. The summed E-state index contributed by atoms with van der Waals surface area (Å²) in [4.78, 5) is 3.63. The Morgan fingerprint density at radius 2 is 1.72 bits per heavy atom. The fourth-order valence-corrected chi connectivity index (χ4v) is 2.31. The number of hydrogen-bond acceptors (Lipinski definition) is 2. The second-order valence-corrected chi connectivity index (χ2v) is 4.74. The SMILES string of the molecule is FC(F)(F)c1cccc(NC2CCCCCC2)n1. The second kappa shape index (κ2) is 5.59. The minimum atomic E-state index is -4.37. The van der Waals surface area contributed by atoms with Gasteiger partial charge < -0.3 is 5.32 Å². The Kier molecular flexibility index (Phi) is 4.09.